The van der Waals surface area contributed by atoms with Gasteiger partial charge in [-0.2, -0.15) is 5.10 Å². The highest BCUT2D eigenvalue weighted by molar-refractivity contribution is 7.15. The maximum absolute atomic E-state index is 12.2. The van der Waals surface area contributed by atoms with Crippen LogP contribution < -0.4 is 15.4 Å². The van der Waals surface area contributed by atoms with Gasteiger partial charge in [0.15, 0.2) is 11.1 Å². The maximum atomic E-state index is 12.2. The van der Waals surface area contributed by atoms with Crippen molar-refractivity contribution >= 4 is 51.6 Å². The molecule has 0 spiro atoms. The number of carbonyl (C=O) groups excluding carboxylic acids is 3. The van der Waals surface area contributed by atoms with E-state index in [2.05, 4.69) is 20.7 Å². The lowest BCUT2D eigenvalue weighted by Crippen LogP contribution is -2.39. The predicted octanol–water partition coefficient (Wildman–Crippen LogP) is 1.90. The van der Waals surface area contributed by atoms with Crippen LogP contribution in [0.4, 0.5) is 0 Å². The first kappa shape index (κ1) is 20.3. The fourth-order valence-corrected chi connectivity index (χ4v) is 4.24. The van der Waals surface area contributed by atoms with Crippen LogP contribution in [0.5, 0.6) is 5.75 Å². The molecule has 30 heavy (non-hydrogen) atoms. The van der Waals surface area contributed by atoms with Gasteiger partial charge in [-0.05, 0) is 18.6 Å². The molecule has 1 atom stereocenters. The average molecular weight is 448 g/mol. The topological polar surface area (TPSA) is 115 Å². The van der Waals surface area contributed by atoms with E-state index in [9.17, 15) is 14.4 Å². The number of aryl methyl sites for hydroxylation is 1. The number of nitrogens with zero attached hydrogens (tertiary/aromatic N) is 3. The van der Waals surface area contributed by atoms with Gasteiger partial charge in [-0.1, -0.05) is 11.6 Å². The van der Waals surface area contributed by atoms with Crippen molar-refractivity contribution in [3.8, 4) is 5.75 Å². The molecule has 1 unspecified atom stereocenters. The van der Waals surface area contributed by atoms with Gasteiger partial charge in [0.25, 0.3) is 5.91 Å². The minimum Gasteiger partial charge on any atom is -0.484 e. The van der Waals surface area contributed by atoms with Crippen molar-refractivity contribution in [1.29, 1.82) is 0 Å². The Hall–Kier alpha value is -2.98. The van der Waals surface area contributed by atoms with Gasteiger partial charge < -0.3 is 10.1 Å². The largest absolute Gasteiger partial charge is 0.484 e. The lowest BCUT2D eigenvalue weighted by atomic mass is 9.93. The van der Waals surface area contributed by atoms with Crippen LogP contribution in [0.25, 0.3) is 10.9 Å². The standard InChI is InChI=1S/C19H18ClN5O4S/c1-25-14-6-10(29-9-16(27)21-7-11-8-22-19(20)30-11)2-3-12(14)17(24-25)13-4-5-15(26)23-18(13)28/h2-3,6,8,13H,4-5,7,9H2,1H3,(H,21,27)(H,23,26,28). The van der Waals surface area contributed by atoms with Crippen LogP contribution in [-0.2, 0) is 28.0 Å². The smallest absolute Gasteiger partial charge is 0.258 e. The number of hydrogen-bond donors (Lipinski definition) is 2. The first-order chi connectivity index (χ1) is 14.4. The third kappa shape index (κ3) is 4.29. The molecule has 9 nitrogen and oxygen atoms in total. The van der Waals surface area contributed by atoms with Crippen LogP contribution in [0.2, 0.25) is 4.47 Å². The number of rotatable bonds is 6. The van der Waals surface area contributed by atoms with Crippen LogP contribution in [0.15, 0.2) is 24.4 Å². The molecular formula is C19H18ClN5O4S. The molecule has 0 bridgehead atoms. The summed E-state index contributed by atoms with van der Waals surface area (Å²) in [5, 5.41) is 10.4. The molecule has 1 aromatic carbocycles. The Labute approximate surface area is 180 Å². The molecule has 0 radical (unpaired) electrons. The molecule has 11 heteroatoms. The number of fused-ring (bicyclic) bond motifs is 1. The Morgan fingerprint density at radius 3 is 3.00 bits per heavy atom. The predicted molar refractivity (Wildman–Crippen MR) is 110 cm³/mol. The zero-order valence-corrected chi connectivity index (χ0v) is 17.5. The fourth-order valence-electron chi connectivity index (χ4n) is 3.32. The molecule has 0 saturated carbocycles. The van der Waals surface area contributed by atoms with E-state index in [-0.39, 0.29) is 24.3 Å². The Kier molecular flexibility index (Phi) is 5.69. The number of nitrogens with one attached hydrogen (secondary N) is 2. The van der Waals surface area contributed by atoms with E-state index in [1.807, 2.05) is 6.07 Å². The van der Waals surface area contributed by atoms with Gasteiger partial charge >= 0.3 is 0 Å². The first-order valence-electron chi connectivity index (χ1n) is 9.21. The van der Waals surface area contributed by atoms with E-state index in [0.717, 1.165) is 15.8 Å². The highest BCUT2D eigenvalue weighted by Gasteiger charge is 2.31. The van der Waals surface area contributed by atoms with Crippen LogP contribution in [0.3, 0.4) is 0 Å². The number of thiazole rings is 1. The summed E-state index contributed by atoms with van der Waals surface area (Å²) >= 11 is 7.07. The second-order valence-electron chi connectivity index (χ2n) is 6.84. The quantitative estimate of drug-likeness (QED) is 0.557. The molecular weight excluding hydrogens is 430 g/mol. The number of amides is 3. The van der Waals surface area contributed by atoms with Crippen molar-refractivity contribution in [3.05, 3.63) is 39.4 Å². The van der Waals surface area contributed by atoms with Crippen molar-refractivity contribution in [1.82, 2.24) is 25.4 Å². The maximum Gasteiger partial charge on any atom is 0.258 e. The summed E-state index contributed by atoms with van der Waals surface area (Å²) in [5.74, 6) is -0.816. The summed E-state index contributed by atoms with van der Waals surface area (Å²) < 4.78 is 7.69. The van der Waals surface area contributed by atoms with Crippen LogP contribution in [0, 0.1) is 0 Å². The zero-order valence-electron chi connectivity index (χ0n) is 16.0. The molecule has 4 rings (SSSR count). The lowest BCUT2D eigenvalue weighted by Gasteiger charge is -2.19. The summed E-state index contributed by atoms with van der Waals surface area (Å²) in [6.07, 6.45) is 2.34. The van der Waals surface area contributed by atoms with E-state index in [1.54, 1.807) is 30.1 Å². The second-order valence-corrected chi connectivity index (χ2v) is 8.53. The Morgan fingerprint density at radius 1 is 1.43 bits per heavy atom. The number of hydrogen-bond acceptors (Lipinski definition) is 7. The minimum absolute atomic E-state index is 0.143. The molecule has 3 aromatic rings. The van der Waals surface area contributed by atoms with E-state index in [1.165, 1.54) is 11.3 Å². The SMILES string of the molecule is Cn1nc(C2CCC(=O)NC2=O)c2ccc(OCC(=O)NCc3cnc(Cl)s3)cc21. The molecule has 2 N–H and O–H groups in total. The van der Waals surface area contributed by atoms with Gasteiger partial charge in [0.2, 0.25) is 11.8 Å². The summed E-state index contributed by atoms with van der Waals surface area (Å²) in [7, 11) is 1.77. The number of imide groups is 1. The summed E-state index contributed by atoms with van der Waals surface area (Å²) in [4.78, 5) is 40.4. The number of ether oxygens (including phenoxy) is 1. The van der Waals surface area contributed by atoms with E-state index in [0.29, 0.717) is 35.3 Å². The van der Waals surface area contributed by atoms with Crippen LogP contribution in [-0.4, -0.2) is 39.1 Å². The fraction of sp³-hybridized carbons (Fsp3) is 0.316. The van der Waals surface area contributed by atoms with Crippen molar-refractivity contribution in [2.75, 3.05) is 6.61 Å². The summed E-state index contributed by atoms with van der Waals surface area (Å²) in [6.45, 7) is 0.193. The number of halogens is 1. The highest BCUT2D eigenvalue weighted by atomic mass is 35.5. The third-order valence-electron chi connectivity index (χ3n) is 4.78. The van der Waals surface area contributed by atoms with Gasteiger partial charge in [0.1, 0.15) is 5.75 Å². The molecule has 1 aliphatic heterocycles. The molecule has 1 fully saturated rings. The Balaban J connectivity index is 1.42. The summed E-state index contributed by atoms with van der Waals surface area (Å²) in [6, 6.07) is 5.32. The molecule has 0 aliphatic carbocycles. The zero-order chi connectivity index (χ0) is 21.3. The van der Waals surface area contributed by atoms with Gasteiger partial charge in [-0.15, -0.1) is 11.3 Å². The van der Waals surface area contributed by atoms with Crippen molar-refractivity contribution in [2.24, 2.45) is 7.05 Å². The molecule has 2 aromatic heterocycles. The van der Waals surface area contributed by atoms with E-state index in [4.69, 9.17) is 16.3 Å². The second kappa shape index (κ2) is 8.41. The Bertz CT molecular complexity index is 1140. The first-order valence-corrected chi connectivity index (χ1v) is 10.4. The number of aromatic nitrogens is 3. The van der Waals surface area contributed by atoms with Gasteiger partial charge in [-0.3, -0.25) is 24.4 Å². The monoisotopic (exact) mass is 447 g/mol. The number of piperidine rings is 1. The van der Waals surface area contributed by atoms with Crippen molar-refractivity contribution in [2.45, 2.75) is 25.3 Å². The number of carbonyl (C=O) groups is 3. The Morgan fingerprint density at radius 2 is 2.27 bits per heavy atom. The van der Waals surface area contributed by atoms with E-state index >= 15 is 0 Å². The summed E-state index contributed by atoms with van der Waals surface area (Å²) in [5.41, 5.74) is 1.40. The van der Waals surface area contributed by atoms with Crippen LogP contribution >= 0.6 is 22.9 Å². The molecule has 1 saturated heterocycles. The van der Waals surface area contributed by atoms with Gasteiger partial charge in [-0.25, -0.2) is 4.98 Å². The molecule has 156 valence electrons. The minimum atomic E-state index is -0.468. The van der Waals surface area contributed by atoms with Crippen molar-refractivity contribution < 1.29 is 19.1 Å². The van der Waals surface area contributed by atoms with Gasteiger partial charge in [0, 0.05) is 36.0 Å². The molecule has 1 aliphatic rings. The third-order valence-corrected chi connectivity index (χ3v) is 5.89. The number of benzene rings is 1. The highest BCUT2D eigenvalue weighted by Crippen LogP contribution is 2.31. The van der Waals surface area contributed by atoms with Crippen molar-refractivity contribution in [3.63, 3.8) is 0 Å². The van der Waals surface area contributed by atoms with Crippen LogP contribution in [0.1, 0.15) is 29.3 Å². The molecule has 3 heterocycles. The van der Waals surface area contributed by atoms with E-state index < -0.39 is 5.92 Å². The lowest BCUT2D eigenvalue weighted by molar-refractivity contribution is -0.134. The molecule has 3 amide bonds. The normalized spacial score (nSPS) is 16.5. The van der Waals surface area contributed by atoms with Gasteiger partial charge in [0.05, 0.1) is 23.7 Å². The average Bonchev–Trinajstić information content (AvgIpc) is 3.28.